The maximum atomic E-state index is 12.5. The number of carbonyl (C=O) groups is 5. The van der Waals surface area contributed by atoms with Crippen LogP contribution in [0.15, 0.2) is 12.1 Å². The van der Waals surface area contributed by atoms with Crippen molar-refractivity contribution >= 4 is 30.0 Å². The van der Waals surface area contributed by atoms with Gasteiger partial charge in [-0.3, -0.25) is 19.2 Å². The number of carbonyl (C=O) groups excluding carboxylic acids is 4. The third-order valence-corrected chi connectivity index (χ3v) is 4.31. The Morgan fingerprint density at radius 2 is 1.50 bits per heavy atom. The largest absolute Gasteiger partial charge is 0.496 e. The first-order chi connectivity index (χ1) is 14.0. The molecule has 1 aromatic rings. The van der Waals surface area contributed by atoms with Gasteiger partial charge >= 0.3 is 5.97 Å². The van der Waals surface area contributed by atoms with Gasteiger partial charge < -0.3 is 30.6 Å². The van der Waals surface area contributed by atoms with Gasteiger partial charge in [0.05, 0.1) is 19.6 Å². The van der Waals surface area contributed by atoms with E-state index in [4.69, 9.17) is 9.84 Å². The van der Waals surface area contributed by atoms with Crippen molar-refractivity contribution in [2.45, 2.75) is 52.2 Å². The van der Waals surface area contributed by atoms with Crippen molar-refractivity contribution in [2.75, 3.05) is 7.11 Å². The lowest BCUT2D eigenvalue weighted by molar-refractivity contribution is -0.139. The van der Waals surface area contributed by atoms with E-state index in [9.17, 15) is 24.0 Å². The topological polar surface area (TPSA) is 151 Å². The lowest BCUT2D eigenvalue weighted by atomic mass is 10.0. The highest BCUT2D eigenvalue weighted by molar-refractivity contribution is 5.98. The third kappa shape index (κ3) is 6.87. The van der Waals surface area contributed by atoms with Gasteiger partial charge in [-0.15, -0.1) is 0 Å². The van der Waals surface area contributed by atoms with Gasteiger partial charge in [-0.05, 0) is 51.0 Å². The quantitative estimate of drug-likeness (QED) is 0.391. The molecule has 1 aromatic carbocycles. The fourth-order valence-electron chi connectivity index (χ4n) is 2.78. The number of hydrogen-bond acceptors (Lipinski definition) is 6. The van der Waals surface area contributed by atoms with Gasteiger partial charge in [0, 0.05) is 5.56 Å². The maximum Gasteiger partial charge on any atom is 0.305 e. The normalized spacial score (nSPS) is 13.4. The molecule has 1 rings (SSSR count). The molecule has 30 heavy (non-hydrogen) atoms. The summed E-state index contributed by atoms with van der Waals surface area (Å²) in [6, 6.07) is 0.0938. The SMILES string of the molecule is COc1c(C)cc(C(=O)NC(C)C(=O)N[C@@H](C)C(=O)N[C@H](C=O)CC(=O)O)cc1C. The molecule has 1 unspecified atom stereocenters. The number of carboxylic acid groups (broad SMARTS) is 1. The summed E-state index contributed by atoms with van der Waals surface area (Å²) in [7, 11) is 1.54. The molecule has 3 atom stereocenters. The molecule has 0 saturated carbocycles. The fraction of sp³-hybridized carbons (Fsp3) is 0.450. The smallest absolute Gasteiger partial charge is 0.305 e. The first-order valence-electron chi connectivity index (χ1n) is 9.24. The molecule has 10 heteroatoms. The van der Waals surface area contributed by atoms with Crippen molar-refractivity contribution in [1.29, 1.82) is 0 Å². The predicted octanol–water partition coefficient (Wildman–Crippen LogP) is 0.0934. The first-order valence-corrected chi connectivity index (χ1v) is 9.24. The van der Waals surface area contributed by atoms with Crippen LogP contribution in [0.5, 0.6) is 5.75 Å². The summed E-state index contributed by atoms with van der Waals surface area (Å²) in [4.78, 5) is 58.3. The lowest BCUT2D eigenvalue weighted by Gasteiger charge is -2.20. The van der Waals surface area contributed by atoms with Crippen molar-refractivity contribution in [3.8, 4) is 5.75 Å². The Kier molecular flexibility index (Phi) is 8.97. The van der Waals surface area contributed by atoms with Crippen molar-refractivity contribution in [3.05, 3.63) is 28.8 Å². The number of aryl methyl sites for hydroxylation is 2. The molecular formula is C20H27N3O7. The van der Waals surface area contributed by atoms with E-state index < -0.39 is 48.2 Å². The minimum Gasteiger partial charge on any atom is -0.496 e. The Balaban J connectivity index is 2.69. The monoisotopic (exact) mass is 421 g/mol. The van der Waals surface area contributed by atoms with E-state index >= 15 is 0 Å². The second kappa shape index (κ2) is 10.9. The summed E-state index contributed by atoms with van der Waals surface area (Å²) >= 11 is 0. The number of carboxylic acids is 1. The predicted molar refractivity (Wildman–Crippen MR) is 107 cm³/mol. The maximum absolute atomic E-state index is 12.5. The van der Waals surface area contributed by atoms with Crippen LogP contribution < -0.4 is 20.7 Å². The second-order valence-corrected chi connectivity index (χ2v) is 6.92. The van der Waals surface area contributed by atoms with Crippen LogP contribution in [0.3, 0.4) is 0 Å². The van der Waals surface area contributed by atoms with Crippen LogP contribution in [0, 0.1) is 13.8 Å². The van der Waals surface area contributed by atoms with Gasteiger partial charge in [0.15, 0.2) is 0 Å². The molecule has 10 nitrogen and oxygen atoms in total. The van der Waals surface area contributed by atoms with Gasteiger partial charge in [-0.25, -0.2) is 0 Å². The molecule has 0 radical (unpaired) electrons. The number of rotatable bonds is 10. The van der Waals surface area contributed by atoms with Crippen LogP contribution in [0.2, 0.25) is 0 Å². The molecule has 0 aromatic heterocycles. The summed E-state index contributed by atoms with van der Waals surface area (Å²) < 4.78 is 5.26. The minimum absolute atomic E-state index is 0.308. The highest BCUT2D eigenvalue weighted by Gasteiger charge is 2.24. The highest BCUT2D eigenvalue weighted by Crippen LogP contribution is 2.24. The molecule has 0 aliphatic rings. The van der Waals surface area contributed by atoms with Gasteiger partial charge in [-0.1, -0.05) is 0 Å². The van der Waals surface area contributed by atoms with Crippen LogP contribution >= 0.6 is 0 Å². The van der Waals surface area contributed by atoms with E-state index in [-0.39, 0.29) is 0 Å². The first kappa shape index (κ1) is 24.6. The van der Waals surface area contributed by atoms with Crippen molar-refractivity contribution in [1.82, 2.24) is 16.0 Å². The molecule has 0 bridgehead atoms. The van der Waals surface area contributed by atoms with Crippen LogP contribution in [0.25, 0.3) is 0 Å². The Labute approximate surface area is 174 Å². The lowest BCUT2D eigenvalue weighted by Crippen LogP contribution is -2.53. The van der Waals surface area contributed by atoms with Crippen LogP contribution in [0.4, 0.5) is 0 Å². The van der Waals surface area contributed by atoms with Gasteiger partial charge in [0.2, 0.25) is 11.8 Å². The number of benzene rings is 1. The molecule has 0 spiro atoms. The summed E-state index contributed by atoms with van der Waals surface area (Å²) in [5.74, 6) is -2.38. The van der Waals surface area contributed by atoms with Crippen LogP contribution in [0.1, 0.15) is 41.8 Å². The van der Waals surface area contributed by atoms with Crippen LogP contribution in [-0.4, -0.2) is 60.3 Å². The molecule has 0 aliphatic heterocycles. The molecular weight excluding hydrogens is 394 g/mol. The van der Waals surface area contributed by atoms with Gasteiger partial charge in [0.25, 0.3) is 5.91 Å². The summed E-state index contributed by atoms with van der Waals surface area (Å²) in [6.45, 7) is 6.44. The van der Waals surface area contributed by atoms with Gasteiger partial charge in [-0.2, -0.15) is 0 Å². The number of amides is 3. The molecule has 0 fully saturated rings. The van der Waals surface area contributed by atoms with Crippen molar-refractivity contribution < 1.29 is 33.8 Å². The number of ether oxygens (including phenoxy) is 1. The van der Waals surface area contributed by atoms with Crippen molar-refractivity contribution in [2.24, 2.45) is 0 Å². The highest BCUT2D eigenvalue weighted by atomic mass is 16.5. The zero-order valence-corrected chi connectivity index (χ0v) is 17.6. The third-order valence-electron chi connectivity index (χ3n) is 4.31. The van der Waals surface area contributed by atoms with Crippen LogP contribution in [-0.2, 0) is 19.2 Å². The fourth-order valence-corrected chi connectivity index (χ4v) is 2.78. The number of aldehydes is 1. The number of aliphatic carboxylic acids is 1. The Hall–Kier alpha value is -3.43. The second-order valence-electron chi connectivity index (χ2n) is 6.92. The zero-order chi connectivity index (χ0) is 23.0. The number of methoxy groups -OCH3 is 1. The van der Waals surface area contributed by atoms with Crippen molar-refractivity contribution in [3.63, 3.8) is 0 Å². The zero-order valence-electron chi connectivity index (χ0n) is 17.6. The average Bonchev–Trinajstić information content (AvgIpc) is 2.66. The Bertz CT molecular complexity index is 815. The standard InChI is InChI=1S/C20H27N3O7/c1-10-6-14(7-11(2)17(10)30-5)20(29)22-12(3)18(27)21-13(4)19(28)23-15(9-24)8-16(25)26/h6-7,9,12-13,15H,8H2,1-5H3,(H,21,27)(H,22,29)(H,23,28)(H,25,26)/t12?,13-,15-/m0/s1. The summed E-state index contributed by atoms with van der Waals surface area (Å²) in [6.07, 6.45) is -0.259. The Morgan fingerprint density at radius 1 is 1.00 bits per heavy atom. The molecule has 0 aliphatic carbocycles. The molecule has 4 N–H and O–H groups in total. The minimum atomic E-state index is -1.25. The Morgan fingerprint density at radius 3 is 1.97 bits per heavy atom. The average molecular weight is 421 g/mol. The van der Waals surface area contributed by atoms with E-state index in [0.29, 0.717) is 17.6 Å². The van der Waals surface area contributed by atoms with Gasteiger partial charge in [0.1, 0.15) is 24.1 Å². The van der Waals surface area contributed by atoms with E-state index in [1.165, 1.54) is 21.0 Å². The summed E-state index contributed by atoms with van der Waals surface area (Å²) in [5, 5.41) is 15.9. The van der Waals surface area contributed by atoms with E-state index in [0.717, 1.165) is 11.1 Å². The van der Waals surface area contributed by atoms with E-state index in [2.05, 4.69) is 16.0 Å². The molecule has 0 saturated heterocycles. The molecule has 0 heterocycles. The number of hydrogen-bond donors (Lipinski definition) is 4. The van der Waals surface area contributed by atoms with E-state index in [1.807, 2.05) is 0 Å². The molecule has 164 valence electrons. The number of nitrogens with one attached hydrogen (secondary N) is 3. The summed E-state index contributed by atoms with van der Waals surface area (Å²) in [5.41, 5.74) is 1.91. The van der Waals surface area contributed by atoms with E-state index in [1.54, 1.807) is 26.0 Å². The molecule has 3 amide bonds.